The number of hydrogen-bond acceptors (Lipinski definition) is 2. The molecule has 2 nitrogen and oxygen atoms in total. The molecule has 0 N–H and O–H groups in total. The van der Waals surface area contributed by atoms with Gasteiger partial charge in [0, 0.05) is 6.42 Å². The fourth-order valence-corrected chi connectivity index (χ4v) is 3.43. The van der Waals surface area contributed by atoms with E-state index in [1.165, 1.54) is 89.9 Å². The quantitative estimate of drug-likeness (QED) is 0.110. The number of unbranched alkanes of at least 4 members (excludes halogenated alkanes) is 13. The Morgan fingerprint density at radius 2 is 1.25 bits per heavy atom. The predicted molar refractivity (Wildman–Crippen MR) is 124 cm³/mol. The van der Waals surface area contributed by atoms with E-state index in [1.54, 1.807) is 0 Å². The van der Waals surface area contributed by atoms with Gasteiger partial charge in [0.15, 0.2) is 0 Å². The van der Waals surface area contributed by atoms with Crippen LogP contribution in [0.5, 0.6) is 0 Å². The lowest BCUT2D eigenvalue weighted by Gasteiger charge is -2.06. The molecule has 0 aliphatic heterocycles. The second-order valence-electron chi connectivity index (χ2n) is 8.80. The molecule has 2 heteroatoms. The van der Waals surface area contributed by atoms with Crippen molar-refractivity contribution in [2.75, 3.05) is 6.61 Å². The van der Waals surface area contributed by atoms with Crippen LogP contribution < -0.4 is 0 Å². The van der Waals surface area contributed by atoms with Gasteiger partial charge in [-0.15, -0.1) is 0 Å². The number of rotatable bonds is 21. The molecule has 0 unspecified atom stereocenters. The Bertz CT molecular complexity index is 346. The fraction of sp³-hybridized carbons (Fsp3) is 0.885. The fourth-order valence-electron chi connectivity index (χ4n) is 3.43. The number of hydrogen-bond donors (Lipinski definition) is 0. The van der Waals surface area contributed by atoms with E-state index in [1.807, 2.05) is 0 Å². The van der Waals surface area contributed by atoms with E-state index in [0.29, 0.717) is 13.0 Å². The summed E-state index contributed by atoms with van der Waals surface area (Å²) < 4.78 is 5.32. The lowest BCUT2D eigenvalue weighted by Crippen LogP contribution is -2.05. The van der Waals surface area contributed by atoms with Gasteiger partial charge in [0.25, 0.3) is 0 Å². The van der Waals surface area contributed by atoms with Crippen LogP contribution >= 0.6 is 0 Å². The second kappa shape index (κ2) is 22.5. The lowest BCUT2D eigenvalue weighted by molar-refractivity contribution is -0.143. The van der Waals surface area contributed by atoms with Crippen molar-refractivity contribution in [2.24, 2.45) is 5.92 Å². The molecule has 0 aromatic heterocycles. The van der Waals surface area contributed by atoms with Crippen molar-refractivity contribution in [2.45, 2.75) is 136 Å². The summed E-state index contributed by atoms with van der Waals surface area (Å²) in [5, 5.41) is 0. The number of ether oxygens (including phenoxy) is 1. The molecular formula is C26H50O2. The molecule has 0 aliphatic carbocycles. The number of allylic oxidation sites excluding steroid dienone is 2. The highest BCUT2D eigenvalue weighted by Crippen LogP contribution is 2.11. The van der Waals surface area contributed by atoms with Crippen molar-refractivity contribution < 1.29 is 9.53 Å². The highest BCUT2D eigenvalue weighted by atomic mass is 16.5. The summed E-state index contributed by atoms with van der Waals surface area (Å²) in [6, 6.07) is 0. The predicted octanol–water partition coefficient (Wildman–Crippen LogP) is 8.78. The first-order chi connectivity index (χ1) is 13.7. The van der Waals surface area contributed by atoms with Gasteiger partial charge < -0.3 is 4.74 Å². The normalized spacial score (nSPS) is 11.6. The van der Waals surface area contributed by atoms with E-state index in [4.69, 9.17) is 4.74 Å². The van der Waals surface area contributed by atoms with Crippen molar-refractivity contribution in [3.8, 4) is 0 Å². The Morgan fingerprint density at radius 1 is 0.714 bits per heavy atom. The zero-order valence-electron chi connectivity index (χ0n) is 19.5. The highest BCUT2D eigenvalue weighted by molar-refractivity contribution is 5.69. The SMILES string of the molecule is CCCCCCCC/C=C\CCCCCCCC(=O)OCCCCCC(C)C. The third-order valence-corrected chi connectivity index (χ3v) is 5.33. The van der Waals surface area contributed by atoms with Crippen LogP contribution in [0.3, 0.4) is 0 Å². The van der Waals surface area contributed by atoms with E-state index >= 15 is 0 Å². The molecule has 0 rings (SSSR count). The molecule has 0 atom stereocenters. The molecule has 0 radical (unpaired) electrons. The van der Waals surface area contributed by atoms with Crippen molar-refractivity contribution >= 4 is 5.97 Å². The topological polar surface area (TPSA) is 26.3 Å². The number of carbonyl (C=O) groups excluding carboxylic acids is 1. The third-order valence-electron chi connectivity index (χ3n) is 5.33. The third kappa shape index (κ3) is 23.2. The Balaban J connectivity index is 3.21. The maximum Gasteiger partial charge on any atom is 0.305 e. The van der Waals surface area contributed by atoms with Crippen LogP contribution in [0.25, 0.3) is 0 Å². The molecule has 0 amide bonds. The standard InChI is InChI=1S/C26H50O2/c1-4-5-6-7-8-9-10-11-12-13-14-15-16-17-20-23-26(27)28-24-21-18-19-22-25(2)3/h11-12,25H,4-10,13-24H2,1-3H3/b12-11-. The van der Waals surface area contributed by atoms with E-state index in [-0.39, 0.29) is 5.97 Å². The number of esters is 1. The molecule has 0 spiro atoms. The largest absolute Gasteiger partial charge is 0.466 e. The molecule has 0 saturated heterocycles. The molecule has 0 fully saturated rings. The van der Waals surface area contributed by atoms with E-state index < -0.39 is 0 Å². The minimum atomic E-state index is 0.00138. The lowest BCUT2D eigenvalue weighted by atomic mass is 10.1. The Hall–Kier alpha value is -0.790. The van der Waals surface area contributed by atoms with Gasteiger partial charge in [0.2, 0.25) is 0 Å². The van der Waals surface area contributed by atoms with Gasteiger partial charge in [0.1, 0.15) is 0 Å². The van der Waals surface area contributed by atoms with Gasteiger partial charge in [-0.3, -0.25) is 4.79 Å². The summed E-state index contributed by atoms with van der Waals surface area (Å²) in [5.41, 5.74) is 0. The first kappa shape index (κ1) is 27.2. The number of carbonyl (C=O) groups is 1. The molecule has 28 heavy (non-hydrogen) atoms. The molecule has 0 bridgehead atoms. The van der Waals surface area contributed by atoms with Gasteiger partial charge in [-0.2, -0.15) is 0 Å². The molecule has 166 valence electrons. The molecule has 0 heterocycles. The summed E-state index contributed by atoms with van der Waals surface area (Å²) in [6.07, 6.45) is 26.8. The molecule has 0 aliphatic rings. The van der Waals surface area contributed by atoms with Crippen LogP contribution in [-0.4, -0.2) is 12.6 Å². The zero-order valence-corrected chi connectivity index (χ0v) is 19.5. The van der Waals surface area contributed by atoms with E-state index in [0.717, 1.165) is 25.2 Å². The molecule has 0 saturated carbocycles. The monoisotopic (exact) mass is 394 g/mol. The molecule has 0 aromatic rings. The van der Waals surface area contributed by atoms with Crippen LogP contribution in [0.15, 0.2) is 12.2 Å². The highest BCUT2D eigenvalue weighted by Gasteiger charge is 2.02. The summed E-state index contributed by atoms with van der Waals surface area (Å²) in [4.78, 5) is 11.7. The average molecular weight is 395 g/mol. The van der Waals surface area contributed by atoms with Crippen LogP contribution in [0.1, 0.15) is 136 Å². The van der Waals surface area contributed by atoms with E-state index in [2.05, 4.69) is 32.9 Å². The van der Waals surface area contributed by atoms with Crippen molar-refractivity contribution in [1.29, 1.82) is 0 Å². The first-order valence-corrected chi connectivity index (χ1v) is 12.5. The van der Waals surface area contributed by atoms with Crippen LogP contribution in [0, 0.1) is 5.92 Å². The van der Waals surface area contributed by atoms with Gasteiger partial charge >= 0.3 is 5.97 Å². The van der Waals surface area contributed by atoms with E-state index in [9.17, 15) is 4.79 Å². The van der Waals surface area contributed by atoms with Crippen LogP contribution in [0.4, 0.5) is 0 Å². The van der Waals surface area contributed by atoms with Gasteiger partial charge in [-0.25, -0.2) is 0 Å². The van der Waals surface area contributed by atoms with Gasteiger partial charge in [-0.05, 0) is 44.4 Å². The summed E-state index contributed by atoms with van der Waals surface area (Å²) >= 11 is 0. The molecule has 0 aromatic carbocycles. The van der Waals surface area contributed by atoms with Gasteiger partial charge in [0.05, 0.1) is 6.61 Å². The Morgan fingerprint density at radius 3 is 1.86 bits per heavy atom. The second-order valence-corrected chi connectivity index (χ2v) is 8.80. The first-order valence-electron chi connectivity index (χ1n) is 12.5. The summed E-state index contributed by atoms with van der Waals surface area (Å²) in [5.74, 6) is 0.783. The average Bonchev–Trinajstić information content (AvgIpc) is 2.67. The molecular weight excluding hydrogens is 344 g/mol. The van der Waals surface area contributed by atoms with Crippen LogP contribution in [-0.2, 0) is 9.53 Å². The minimum absolute atomic E-state index is 0.00138. The van der Waals surface area contributed by atoms with Crippen molar-refractivity contribution in [3.63, 3.8) is 0 Å². The minimum Gasteiger partial charge on any atom is -0.466 e. The van der Waals surface area contributed by atoms with Crippen molar-refractivity contribution in [1.82, 2.24) is 0 Å². The maximum absolute atomic E-state index is 11.7. The zero-order chi connectivity index (χ0) is 20.7. The smallest absolute Gasteiger partial charge is 0.305 e. The summed E-state index contributed by atoms with van der Waals surface area (Å²) in [7, 11) is 0. The Kier molecular flexibility index (Phi) is 21.9. The Labute approximate surface area is 176 Å². The maximum atomic E-state index is 11.7. The van der Waals surface area contributed by atoms with Gasteiger partial charge in [-0.1, -0.05) is 104 Å². The van der Waals surface area contributed by atoms with Crippen LogP contribution in [0.2, 0.25) is 0 Å². The van der Waals surface area contributed by atoms with Crippen molar-refractivity contribution in [3.05, 3.63) is 12.2 Å². The summed E-state index contributed by atoms with van der Waals surface area (Å²) in [6.45, 7) is 7.40.